The Kier molecular flexibility index (Phi) is 4.43. The fourth-order valence-electron chi connectivity index (χ4n) is 2.41. The first kappa shape index (κ1) is 12.9. The average molecular weight is 253 g/mol. The predicted octanol–water partition coefficient (Wildman–Crippen LogP) is 3.08. The Balaban J connectivity index is 1.93. The van der Waals surface area contributed by atoms with E-state index >= 15 is 0 Å². The second-order valence-corrected chi connectivity index (χ2v) is 5.40. The molecule has 0 saturated carbocycles. The van der Waals surface area contributed by atoms with Crippen molar-refractivity contribution in [2.75, 3.05) is 20.1 Å². The maximum Gasteiger partial charge on any atom is 0.0406 e. The van der Waals surface area contributed by atoms with Gasteiger partial charge in [0.1, 0.15) is 0 Å². The number of nitrogens with zero attached hydrogens (tertiary/aromatic N) is 1. The summed E-state index contributed by atoms with van der Waals surface area (Å²) < 4.78 is 0. The van der Waals surface area contributed by atoms with Crippen LogP contribution in [0.15, 0.2) is 24.3 Å². The molecule has 1 saturated heterocycles. The number of hydrogen-bond acceptors (Lipinski definition) is 2. The first-order valence-electron chi connectivity index (χ1n) is 6.36. The van der Waals surface area contributed by atoms with E-state index in [9.17, 15) is 0 Å². The maximum atomic E-state index is 5.91. The van der Waals surface area contributed by atoms with Gasteiger partial charge in [-0.1, -0.05) is 23.7 Å². The van der Waals surface area contributed by atoms with E-state index in [-0.39, 0.29) is 0 Å². The van der Waals surface area contributed by atoms with E-state index in [1.807, 2.05) is 12.1 Å². The largest absolute Gasteiger partial charge is 0.313 e. The Hall–Kier alpha value is -0.570. The van der Waals surface area contributed by atoms with Gasteiger partial charge < -0.3 is 5.32 Å². The van der Waals surface area contributed by atoms with Crippen molar-refractivity contribution in [1.29, 1.82) is 0 Å². The molecule has 1 aromatic carbocycles. The monoisotopic (exact) mass is 252 g/mol. The van der Waals surface area contributed by atoms with Crippen molar-refractivity contribution in [3.8, 4) is 0 Å². The average Bonchev–Trinajstić information content (AvgIpc) is 2.82. The van der Waals surface area contributed by atoms with Crippen LogP contribution in [0, 0.1) is 0 Å². The van der Waals surface area contributed by atoms with Gasteiger partial charge in [-0.15, -0.1) is 0 Å². The van der Waals surface area contributed by atoms with Crippen LogP contribution in [0.5, 0.6) is 0 Å². The minimum Gasteiger partial charge on any atom is -0.313 e. The molecular weight excluding hydrogens is 232 g/mol. The summed E-state index contributed by atoms with van der Waals surface area (Å²) in [5.41, 5.74) is 1.33. The molecular formula is C14H21ClN2. The normalized spacial score (nSPS) is 22.0. The van der Waals surface area contributed by atoms with Crippen LogP contribution in [0.2, 0.25) is 5.02 Å². The van der Waals surface area contributed by atoms with Crippen LogP contribution in [-0.2, 0) is 0 Å². The van der Waals surface area contributed by atoms with E-state index in [1.165, 1.54) is 24.9 Å². The third kappa shape index (κ3) is 3.44. The molecule has 2 atom stereocenters. The van der Waals surface area contributed by atoms with Crippen molar-refractivity contribution in [1.82, 2.24) is 10.2 Å². The van der Waals surface area contributed by atoms with Gasteiger partial charge in [0.15, 0.2) is 0 Å². The molecule has 1 unspecified atom stereocenters. The molecule has 0 aliphatic carbocycles. The SMILES string of the molecule is CC(c1ccc(Cl)cc1)N(C)C[C@H]1CCCN1. The van der Waals surface area contributed by atoms with E-state index in [0.29, 0.717) is 12.1 Å². The highest BCUT2D eigenvalue weighted by Gasteiger charge is 2.19. The van der Waals surface area contributed by atoms with Crippen LogP contribution < -0.4 is 5.32 Å². The molecule has 0 aromatic heterocycles. The Morgan fingerprint density at radius 1 is 1.41 bits per heavy atom. The highest BCUT2D eigenvalue weighted by Crippen LogP contribution is 2.21. The van der Waals surface area contributed by atoms with Crippen LogP contribution in [0.3, 0.4) is 0 Å². The van der Waals surface area contributed by atoms with Gasteiger partial charge in [-0.25, -0.2) is 0 Å². The molecule has 3 heteroatoms. The van der Waals surface area contributed by atoms with E-state index in [0.717, 1.165) is 11.6 Å². The van der Waals surface area contributed by atoms with E-state index < -0.39 is 0 Å². The molecule has 0 amide bonds. The molecule has 1 heterocycles. The minimum absolute atomic E-state index is 0.440. The lowest BCUT2D eigenvalue weighted by Crippen LogP contribution is -2.36. The minimum atomic E-state index is 0.440. The summed E-state index contributed by atoms with van der Waals surface area (Å²) >= 11 is 5.91. The number of likely N-dealkylation sites (N-methyl/N-ethyl adjacent to an activating group) is 1. The van der Waals surface area contributed by atoms with Gasteiger partial charge >= 0.3 is 0 Å². The van der Waals surface area contributed by atoms with Crippen molar-refractivity contribution in [3.63, 3.8) is 0 Å². The standard InChI is InChI=1S/C14H21ClN2/c1-11(12-5-7-13(15)8-6-12)17(2)10-14-4-3-9-16-14/h5-8,11,14,16H,3-4,9-10H2,1-2H3/t11?,14-/m1/s1. The molecule has 1 aliphatic heterocycles. The zero-order valence-electron chi connectivity index (χ0n) is 10.6. The number of nitrogens with one attached hydrogen (secondary N) is 1. The lowest BCUT2D eigenvalue weighted by Gasteiger charge is -2.27. The molecule has 1 aliphatic rings. The lowest BCUT2D eigenvalue weighted by atomic mass is 10.1. The highest BCUT2D eigenvalue weighted by atomic mass is 35.5. The van der Waals surface area contributed by atoms with Gasteiger partial charge in [0, 0.05) is 23.7 Å². The fraction of sp³-hybridized carbons (Fsp3) is 0.571. The molecule has 0 bridgehead atoms. The summed E-state index contributed by atoms with van der Waals surface area (Å²) in [6.07, 6.45) is 2.62. The van der Waals surface area contributed by atoms with E-state index in [2.05, 4.69) is 36.3 Å². The fourth-order valence-corrected chi connectivity index (χ4v) is 2.54. The number of hydrogen-bond donors (Lipinski definition) is 1. The third-order valence-corrected chi connectivity index (χ3v) is 3.94. The second-order valence-electron chi connectivity index (χ2n) is 4.96. The Morgan fingerprint density at radius 2 is 2.12 bits per heavy atom. The van der Waals surface area contributed by atoms with E-state index in [4.69, 9.17) is 11.6 Å². The molecule has 0 radical (unpaired) electrons. The topological polar surface area (TPSA) is 15.3 Å². The quantitative estimate of drug-likeness (QED) is 0.886. The first-order chi connectivity index (χ1) is 8.16. The van der Waals surface area contributed by atoms with Crippen LogP contribution in [0.4, 0.5) is 0 Å². The number of benzene rings is 1. The molecule has 1 fully saturated rings. The first-order valence-corrected chi connectivity index (χ1v) is 6.73. The summed E-state index contributed by atoms with van der Waals surface area (Å²) in [7, 11) is 2.19. The maximum absolute atomic E-state index is 5.91. The molecule has 1 aromatic rings. The van der Waals surface area contributed by atoms with Gasteiger partial charge in [-0.05, 0) is 51.1 Å². The third-order valence-electron chi connectivity index (χ3n) is 3.68. The van der Waals surface area contributed by atoms with Crippen LogP contribution in [0.1, 0.15) is 31.4 Å². The zero-order valence-corrected chi connectivity index (χ0v) is 11.4. The highest BCUT2D eigenvalue weighted by molar-refractivity contribution is 6.30. The smallest absolute Gasteiger partial charge is 0.0406 e. The summed E-state index contributed by atoms with van der Waals surface area (Å²) in [6, 6.07) is 9.27. The Labute approximate surface area is 109 Å². The summed E-state index contributed by atoms with van der Waals surface area (Å²) in [4.78, 5) is 2.41. The van der Waals surface area contributed by atoms with Crippen molar-refractivity contribution in [2.45, 2.75) is 31.8 Å². The van der Waals surface area contributed by atoms with Crippen LogP contribution >= 0.6 is 11.6 Å². The Bertz CT molecular complexity index is 344. The van der Waals surface area contributed by atoms with Gasteiger partial charge in [0.25, 0.3) is 0 Å². The second kappa shape index (κ2) is 5.85. The summed E-state index contributed by atoms with van der Waals surface area (Å²) in [5.74, 6) is 0. The number of halogens is 1. The zero-order chi connectivity index (χ0) is 12.3. The van der Waals surface area contributed by atoms with E-state index in [1.54, 1.807) is 0 Å². The van der Waals surface area contributed by atoms with Crippen molar-refractivity contribution < 1.29 is 0 Å². The van der Waals surface area contributed by atoms with Crippen molar-refractivity contribution in [2.24, 2.45) is 0 Å². The van der Waals surface area contributed by atoms with Gasteiger partial charge in [-0.2, -0.15) is 0 Å². The molecule has 17 heavy (non-hydrogen) atoms. The number of rotatable bonds is 4. The summed E-state index contributed by atoms with van der Waals surface area (Å²) in [6.45, 7) is 4.54. The van der Waals surface area contributed by atoms with Crippen molar-refractivity contribution >= 4 is 11.6 Å². The molecule has 0 spiro atoms. The molecule has 94 valence electrons. The molecule has 2 rings (SSSR count). The predicted molar refractivity (Wildman–Crippen MR) is 73.5 cm³/mol. The van der Waals surface area contributed by atoms with Crippen LogP contribution in [0.25, 0.3) is 0 Å². The Morgan fingerprint density at radius 3 is 2.71 bits per heavy atom. The van der Waals surface area contributed by atoms with Gasteiger partial charge in [0.05, 0.1) is 0 Å². The van der Waals surface area contributed by atoms with Crippen molar-refractivity contribution in [3.05, 3.63) is 34.9 Å². The molecule has 1 N–H and O–H groups in total. The lowest BCUT2D eigenvalue weighted by molar-refractivity contribution is 0.238. The summed E-state index contributed by atoms with van der Waals surface area (Å²) in [5, 5.41) is 4.35. The molecule has 2 nitrogen and oxygen atoms in total. The van der Waals surface area contributed by atoms with Gasteiger partial charge in [0.2, 0.25) is 0 Å². The van der Waals surface area contributed by atoms with Gasteiger partial charge in [-0.3, -0.25) is 4.90 Å². The van der Waals surface area contributed by atoms with Crippen LogP contribution in [-0.4, -0.2) is 31.1 Å².